The van der Waals surface area contributed by atoms with Crippen LogP contribution < -0.4 is 5.32 Å². The van der Waals surface area contributed by atoms with Gasteiger partial charge in [0.05, 0.1) is 23.1 Å². The van der Waals surface area contributed by atoms with E-state index in [9.17, 15) is 13.2 Å². The standard InChI is InChI=1S/C17H15Cl2NO4S/c18-12-3-1-11(2-4-12)17(21)24-16-10-25(22,23)9-15(16)20-14-7-5-13(19)6-8-14/h1-8,15-16,20H,9-10H2. The zero-order valence-corrected chi connectivity index (χ0v) is 15.3. The van der Waals surface area contributed by atoms with Gasteiger partial charge in [-0.25, -0.2) is 13.2 Å². The van der Waals surface area contributed by atoms with Crippen LogP contribution in [0.2, 0.25) is 10.0 Å². The smallest absolute Gasteiger partial charge is 0.338 e. The van der Waals surface area contributed by atoms with Crippen LogP contribution in [0.5, 0.6) is 0 Å². The number of anilines is 1. The molecule has 8 heteroatoms. The molecule has 5 nitrogen and oxygen atoms in total. The van der Waals surface area contributed by atoms with E-state index in [0.29, 0.717) is 21.3 Å². The predicted molar refractivity (Wildman–Crippen MR) is 98.2 cm³/mol. The molecule has 132 valence electrons. The summed E-state index contributed by atoms with van der Waals surface area (Å²) in [4.78, 5) is 12.3. The van der Waals surface area contributed by atoms with E-state index in [4.69, 9.17) is 27.9 Å². The summed E-state index contributed by atoms with van der Waals surface area (Å²) < 4.78 is 29.4. The third kappa shape index (κ3) is 4.66. The number of benzene rings is 2. The minimum absolute atomic E-state index is 0.103. The fourth-order valence-electron chi connectivity index (χ4n) is 2.62. The van der Waals surface area contributed by atoms with Crippen molar-refractivity contribution in [3.05, 3.63) is 64.1 Å². The number of halogens is 2. The molecule has 0 radical (unpaired) electrons. The molecule has 2 aromatic rings. The van der Waals surface area contributed by atoms with E-state index in [1.165, 1.54) is 12.1 Å². The van der Waals surface area contributed by atoms with Gasteiger partial charge in [-0.3, -0.25) is 0 Å². The summed E-state index contributed by atoms with van der Waals surface area (Å²) in [5, 5.41) is 4.18. The van der Waals surface area contributed by atoms with Crippen molar-refractivity contribution in [2.75, 3.05) is 16.8 Å². The Morgan fingerprint density at radius 3 is 2.12 bits per heavy atom. The second kappa shape index (κ2) is 7.23. The first-order valence-electron chi connectivity index (χ1n) is 7.51. The lowest BCUT2D eigenvalue weighted by Gasteiger charge is -2.21. The van der Waals surface area contributed by atoms with Crippen molar-refractivity contribution in [1.82, 2.24) is 0 Å². The highest BCUT2D eigenvalue weighted by atomic mass is 35.5. The maximum Gasteiger partial charge on any atom is 0.338 e. The highest BCUT2D eigenvalue weighted by Crippen LogP contribution is 2.23. The van der Waals surface area contributed by atoms with E-state index in [1.54, 1.807) is 36.4 Å². The molecule has 2 unspecified atom stereocenters. The zero-order chi connectivity index (χ0) is 18.0. The Balaban J connectivity index is 1.74. The summed E-state index contributed by atoms with van der Waals surface area (Å²) in [5.74, 6) is -0.895. The van der Waals surface area contributed by atoms with Gasteiger partial charge in [-0.2, -0.15) is 0 Å². The Labute approximate surface area is 155 Å². The molecule has 1 aliphatic heterocycles. The number of ether oxygens (including phenoxy) is 1. The van der Waals surface area contributed by atoms with E-state index >= 15 is 0 Å². The summed E-state index contributed by atoms with van der Waals surface area (Å²) in [6.45, 7) is 0. The Hall–Kier alpha value is -1.76. The molecule has 25 heavy (non-hydrogen) atoms. The minimum Gasteiger partial charge on any atom is -0.455 e. The lowest BCUT2D eigenvalue weighted by Crippen LogP contribution is -2.35. The average Bonchev–Trinajstić information content (AvgIpc) is 2.83. The number of rotatable bonds is 4. The summed E-state index contributed by atoms with van der Waals surface area (Å²) in [5.41, 5.74) is 1.03. The number of hydrogen-bond donors (Lipinski definition) is 1. The van der Waals surface area contributed by atoms with Crippen LogP contribution in [0.25, 0.3) is 0 Å². The van der Waals surface area contributed by atoms with E-state index < -0.39 is 28.0 Å². The van der Waals surface area contributed by atoms with Crippen LogP contribution in [0, 0.1) is 0 Å². The fraction of sp³-hybridized carbons (Fsp3) is 0.235. The van der Waals surface area contributed by atoms with Crippen molar-refractivity contribution in [1.29, 1.82) is 0 Å². The van der Waals surface area contributed by atoms with Gasteiger partial charge in [0, 0.05) is 15.7 Å². The molecule has 1 N–H and O–H groups in total. The van der Waals surface area contributed by atoms with Gasteiger partial charge in [0.15, 0.2) is 9.84 Å². The molecule has 2 aromatic carbocycles. The van der Waals surface area contributed by atoms with Crippen LogP contribution in [0.15, 0.2) is 48.5 Å². The molecule has 2 atom stereocenters. The van der Waals surface area contributed by atoms with Crippen molar-refractivity contribution in [3.63, 3.8) is 0 Å². The van der Waals surface area contributed by atoms with Gasteiger partial charge < -0.3 is 10.1 Å². The number of hydrogen-bond acceptors (Lipinski definition) is 5. The third-order valence-electron chi connectivity index (χ3n) is 3.84. The van der Waals surface area contributed by atoms with Crippen LogP contribution >= 0.6 is 23.2 Å². The first-order chi connectivity index (χ1) is 11.8. The van der Waals surface area contributed by atoms with Gasteiger partial charge in [0.1, 0.15) is 6.10 Å². The van der Waals surface area contributed by atoms with Crippen LogP contribution in [-0.2, 0) is 14.6 Å². The molecule has 0 aromatic heterocycles. The lowest BCUT2D eigenvalue weighted by atomic mass is 10.2. The molecule has 0 spiro atoms. The van der Waals surface area contributed by atoms with Gasteiger partial charge in [-0.15, -0.1) is 0 Å². The van der Waals surface area contributed by atoms with Gasteiger partial charge in [0.2, 0.25) is 0 Å². The van der Waals surface area contributed by atoms with Crippen LogP contribution in [0.3, 0.4) is 0 Å². The Kier molecular flexibility index (Phi) is 5.22. The number of esters is 1. The molecule has 1 heterocycles. The van der Waals surface area contributed by atoms with E-state index in [1.807, 2.05) is 0 Å². The first kappa shape index (κ1) is 18.0. The normalized spacial score (nSPS) is 21.7. The van der Waals surface area contributed by atoms with Crippen molar-refractivity contribution in [2.24, 2.45) is 0 Å². The van der Waals surface area contributed by atoms with Crippen LogP contribution in [0.4, 0.5) is 5.69 Å². The largest absolute Gasteiger partial charge is 0.455 e. The molecule has 1 saturated heterocycles. The lowest BCUT2D eigenvalue weighted by molar-refractivity contribution is 0.0337. The van der Waals surface area contributed by atoms with Crippen molar-refractivity contribution < 1.29 is 17.9 Å². The monoisotopic (exact) mass is 399 g/mol. The topological polar surface area (TPSA) is 72.5 Å². The predicted octanol–water partition coefficient (Wildman–Crippen LogP) is 3.43. The molecule has 1 aliphatic rings. The quantitative estimate of drug-likeness (QED) is 0.797. The maximum absolute atomic E-state index is 12.3. The fourth-order valence-corrected chi connectivity index (χ4v) is 4.65. The molecular formula is C17H15Cl2NO4S. The molecule has 1 fully saturated rings. The van der Waals surface area contributed by atoms with Gasteiger partial charge >= 0.3 is 5.97 Å². The summed E-state index contributed by atoms with van der Waals surface area (Å²) in [7, 11) is -3.29. The summed E-state index contributed by atoms with van der Waals surface area (Å²) in [6, 6.07) is 12.6. The van der Waals surface area contributed by atoms with Crippen LogP contribution in [-0.4, -0.2) is 38.0 Å². The Morgan fingerprint density at radius 2 is 1.52 bits per heavy atom. The summed E-state index contributed by atoms with van der Waals surface area (Å²) in [6.07, 6.45) is -0.774. The molecule has 0 amide bonds. The van der Waals surface area contributed by atoms with E-state index in [2.05, 4.69) is 5.32 Å². The summed E-state index contributed by atoms with van der Waals surface area (Å²) >= 11 is 11.6. The van der Waals surface area contributed by atoms with Gasteiger partial charge in [-0.05, 0) is 48.5 Å². The average molecular weight is 400 g/mol. The molecule has 0 saturated carbocycles. The number of carbonyl (C=O) groups excluding carboxylic acids is 1. The minimum atomic E-state index is -3.29. The highest BCUT2D eigenvalue weighted by molar-refractivity contribution is 7.91. The number of carbonyl (C=O) groups is 1. The molecule has 3 rings (SSSR count). The SMILES string of the molecule is O=C(OC1CS(=O)(=O)CC1Nc1ccc(Cl)cc1)c1ccc(Cl)cc1. The second-order valence-corrected chi connectivity index (χ2v) is 8.81. The van der Waals surface area contributed by atoms with E-state index in [-0.39, 0.29) is 11.5 Å². The Morgan fingerprint density at radius 1 is 0.960 bits per heavy atom. The van der Waals surface area contributed by atoms with Crippen molar-refractivity contribution >= 4 is 44.7 Å². The number of sulfone groups is 1. The van der Waals surface area contributed by atoms with Gasteiger partial charge in [-0.1, -0.05) is 23.2 Å². The molecule has 0 aliphatic carbocycles. The molecular weight excluding hydrogens is 385 g/mol. The highest BCUT2D eigenvalue weighted by Gasteiger charge is 2.40. The van der Waals surface area contributed by atoms with Crippen molar-refractivity contribution in [3.8, 4) is 0 Å². The van der Waals surface area contributed by atoms with Crippen LogP contribution in [0.1, 0.15) is 10.4 Å². The third-order valence-corrected chi connectivity index (χ3v) is 6.04. The first-order valence-corrected chi connectivity index (χ1v) is 10.1. The zero-order valence-electron chi connectivity index (χ0n) is 13.0. The second-order valence-electron chi connectivity index (χ2n) is 5.79. The number of nitrogens with one attached hydrogen (secondary N) is 1. The molecule has 0 bridgehead atoms. The Bertz CT molecular complexity index is 867. The van der Waals surface area contributed by atoms with Crippen molar-refractivity contribution in [2.45, 2.75) is 12.1 Å². The van der Waals surface area contributed by atoms with Gasteiger partial charge in [0.25, 0.3) is 0 Å². The maximum atomic E-state index is 12.3. The van der Waals surface area contributed by atoms with E-state index in [0.717, 1.165) is 0 Å².